The van der Waals surface area contributed by atoms with Crippen LogP contribution in [-0.4, -0.2) is 43.5 Å². The molecular formula is C20H27Cl3F2N4O. The van der Waals surface area contributed by atoms with Crippen LogP contribution in [0.2, 0.25) is 0 Å². The summed E-state index contributed by atoms with van der Waals surface area (Å²) in [6.07, 6.45) is 0. The number of carbonyl (C=O) groups excluding carboxylic acids is 1. The number of benzene rings is 2. The Hall–Kier alpha value is -1.64. The fourth-order valence-corrected chi connectivity index (χ4v) is 3.07. The molecule has 0 radical (unpaired) electrons. The highest BCUT2D eigenvalue weighted by molar-refractivity contribution is 5.94. The van der Waals surface area contributed by atoms with Gasteiger partial charge in [-0.1, -0.05) is 12.1 Å². The molecule has 0 unspecified atom stereocenters. The summed E-state index contributed by atoms with van der Waals surface area (Å²) in [6.45, 7) is 6.91. The predicted molar refractivity (Wildman–Crippen MR) is 125 cm³/mol. The highest BCUT2D eigenvalue weighted by Crippen LogP contribution is 2.18. The van der Waals surface area contributed by atoms with E-state index in [0.717, 1.165) is 56.1 Å². The third-order valence-electron chi connectivity index (χ3n) is 4.55. The van der Waals surface area contributed by atoms with Gasteiger partial charge in [0.15, 0.2) is 11.6 Å². The Morgan fingerprint density at radius 3 is 2.37 bits per heavy atom. The van der Waals surface area contributed by atoms with Gasteiger partial charge in [-0.2, -0.15) is 0 Å². The molecular weight excluding hydrogens is 457 g/mol. The molecule has 2 aromatic rings. The summed E-state index contributed by atoms with van der Waals surface area (Å²) in [6, 6.07) is 9.45. The van der Waals surface area contributed by atoms with Crippen LogP contribution in [0.5, 0.6) is 0 Å². The van der Waals surface area contributed by atoms with Crippen LogP contribution in [-0.2, 0) is 11.3 Å². The van der Waals surface area contributed by atoms with Gasteiger partial charge in [0.2, 0.25) is 5.91 Å². The summed E-state index contributed by atoms with van der Waals surface area (Å²) in [4.78, 5) is 14.5. The molecule has 1 saturated heterocycles. The topological polar surface area (TPSA) is 56.4 Å². The van der Waals surface area contributed by atoms with Gasteiger partial charge in [0.1, 0.15) is 0 Å². The third-order valence-corrected chi connectivity index (χ3v) is 4.55. The Labute approximate surface area is 194 Å². The number of aryl methyl sites for hydroxylation is 1. The lowest BCUT2D eigenvalue weighted by Gasteiger charge is -2.27. The zero-order valence-corrected chi connectivity index (χ0v) is 19.0. The van der Waals surface area contributed by atoms with E-state index in [2.05, 4.69) is 26.9 Å². The summed E-state index contributed by atoms with van der Waals surface area (Å²) in [5.74, 6) is -2.12. The van der Waals surface area contributed by atoms with Crippen LogP contribution in [0.4, 0.5) is 20.2 Å². The molecule has 2 aromatic carbocycles. The number of carbonyl (C=O) groups is 1. The largest absolute Gasteiger partial charge is 0.376 e. The first-order chi connectivity index (χ1) is 13.0. The lowest BCUT2D eigenvalue weighted by molar-refractivity contribution is -0.114. The highest BCUT2D eigenvalue weighted by Gasteiger charge is 2.11. The number of nitrogens with zero attached hydrogens (tertiary/aromatic N) is 1. The van der Waals surface area contributed by atoms with Crippen molar-refractivity contribution in [2.45, 2.75) is 13.5 Å². The molecule has 0 atom stereocenters. The summed E-state index contributed by atoms with van der Waals surface area (Å²) in [7, 11) is 0. The Morgan fingerprint density at radius 1 is 1.03 bits per heavy atom. The molecule has 1 fully saturated rings. The van der Waals surface area contributed by atoms with Gasteiger partial charge in [0.25, 0.3) is 0 Å². The smallest absolute Gasteiger partial charge is 0.243 e. The second kappa shape index (κ2) is 13.6. The van der Waals surface area contributed by atoms with Crippen LogP contribution in [0.15, 0.2) is 36.4 Å². The van der Waals surface area contributed by atoms with E-state index in [4.69, 9.17) is 0 Å². The Morgan fingerprint density at radius 2 is 1.73 bits per heavy atom. The van der Waals surface area contributed by atoms with Gasteiger partial charge >= 0.3 is 0 Å². The Kier molecular flexibility index (Phi) is 12.9. The van der Waals surface area contributed by atoms with Gasteiger partial charge in [0.05, 0.1) is 6.54 Å². The standard InChI is InChI=1S/C20H24F2N4O.3ClH/c1-14-10-15(13-26-8-6-23-7-9-26)2-5-19(14)25-20(27)12-24-16-3-4-17(21)18(22)11-16;;;/h2-5,10-11,23-24H,6-9,12-13H2,1H3,(H,25,27);3*1H. The number of anilines is 2. The second-order valence-corrected chi connectivity index (χ2v) is 6.71. The zero-order valence-electron chi connectivity index (χ0n) is 16.5. The number of hydrogen-bond donors (Lipinski definition) is 3. The fourth-order valence-electron chi connectivity index (χ4n) is 3.07. The van der Waals surface area contributed by atoms with E-state index in [0.29, 0.717) is 5.69 Å². The number of amides is 1. The van der Waals surface area contributed by atoms with Crippen LogP contribution >= 0.6 is 37.2 Å². The average Bonchev–Trinajstić information content (AvgIpc) is 2.66. The van der Waals surface area contributed by atoms with Crippen molar-refractivity contribution < 1.29 is 13.6 Å². The molecule has 3 rings (SSSR count). The second-order valence-electron chi connectivity index (χ2n) is 6.71. The minimum atomic E-state index is -0.948. The summed E-state index contributed by atoms with van der Waals surface area (Å²) in [5, 5.41) is 8.97. The number of rotatable bonds is 6. The monoisotopic (exact) mass is 482 g/mol. The van der Waals surface area contributed by atoms with Crippen LogP contribution in [0, 0.1) is 18.6 Å². The molecule has 1 aliphatic heterocycles. The molecule has 10 heteroatoms. The molecule has 1 heterocycles. The fraction of sp³-hybridized carbons (Fsp3) is 0.350. The minimum absolute atomic E-state index is 0. The van der Waals surface area contributed by atoms with E-state index in [9.17, 15) is 13.6 Å². The minimum Gasteiger partial charge on any atom is -0.376 e. The van der Waals surface area contributed by atoms with Crippen molar-refractivity contribution in [3.05, 3.63) is 59.2 Å². The zero-order chi connectivity index (χ0) is 19.2. The molecule has 30 heavy (non-hydrogen) atoms. The molecule has 168 valence electrons. The van der Waals surface area contributed by atoms with E-state index in [1.54, 1.807) is 0 Å². The van der Waals surface area contributed by atoms with Crippen molar-refractivity contribution in [2.75, 3.05) is 43.4 Å². The van der Waals surface area contributed by atoms with Crippen LogP contribution in [0.1, 0.15) is 11.1 Å². The number of piperazine rings is 1. The molecule has 3 N–H and O–H groups in total. The van der Waals surface area contributed by atoms with E-state index < -0.39 is 11.6 Å². The number of hydrogen-bond acceptors (Lipinski definition) is 4. The summed E-state index contributed by atoms with van der Waals surface area (Å²) < 4.78 is 26.1. The molecule has 0 aliphatic carbocycles. The predicted octanol–water partition coefficient (Wildman–Crippen LogP) is 3.99. The van der Waals surface area contributed by atoms with Crippen LogP contribution < -0.4 is 16.0 Å². The van der Waals surface area contributed by atoms with Crippen molar-refractivity contribution in [1.82, 2.24) is 10.2 Å². The normalized spacial score (nSPS) is 13.3. The first kappa shape index (κ1) is 28.4. The average molecular weight is 484 g/mol. The summed E-state index contributed by atoms with van der Waals surface area (Å²) >= 11 is 0. The maximum absolute atomic E-state index is 13.2. The maximum atomic E-state index is 13.2. The summed E-state index contributed by atoms with van der Waals surface area (Å²) in [5.41, 5.74) is 3.31. The van der Waals surface area contributed by atoms with E-state index >= 15 is 0 Å². The Bertz CT molecular complexity index is 821. The molecule has 1 aliphatic rings. The molecule has 0 saturated carbocycles. The molecule has 0 aromatic heterocycles. The van der Waals surface area contributed by atoms with Crippen molar-refractivity contribution in [3.8, 4) is 0 Å². The van der Waals surface area contributed by atoms with Gasteiger partial charge in [-0.25, -0.2) is 8.78 Å². The maximum Gasteiger partial charge on any atom is 0.243 e. The quantitative estimate of drug-likeness (QED) is 0.581. The van der Waals surface area contributed by atoms with E-state index in [1.807, 2.05) is 19.1 Å². The highest BCUT2D eigenvalue weighted by atomic mass is 35.5. The van der Waals surface area contributed by atoms with Gasteiger partial charge in [0, 0.05) is 50.2 Å². The van der Waals surface area contributed by atoms with Gasteiger partial charge in [-0.3, -0.25) is 9.69 Å². The first-order valence-corrected chi connectivity index (χ1v) is 9.02. The van der Waals surface area contributed by atoms with Gasteiger partial charge in [-0.15, -0.1) is 37.2 Å². The van der Waals surface area contributed by atoms with E-state index in [1.165, 1.54) is 11.6 Å². The van der Waals surface area contributed by atoms with Crippen molar-refractivity contribution in [1.29, 1.82) is 0 Å². The van der Waals surface area contributed by atoms with E-state index in [-0.39, 0.29) is 49.7 Å². The Balaban J connectivity index is 0.00000280. The lowest BCUT2D eigenvalue weighted by Crippen LogP contribution is -2.42. The van der Waals surface area contributed by atoms with Crippen LogP contribution in [0.3, 0.4) is 0 Å². The first-order valence-electron chi connectivity index (χ1n) is 9.02. The number of nitrogens with one attached hydrogen (secondary N) is 3. The van der Waals surface area contributed by atoms with Crippen molar-refractivity contribution in [3.63, 3.8) is 0 Å². The molecule has 0 bridgehead atoms. The number of halogens is 5. The van der Waals surface area contributed by atoms with Gasteiger partial charge in [-0.05, 0) is 36.2 Å². The molecule has 1 amide bonds. The third kappa shape index (κ3) is 8.24. The molecule has 0 spiro atoms. The van der Waals surface area contributed by atoms with Crippen LogP contribution in [0.25, 0.3) is 0 Å². The van der Waals surface area contributed by atoms with Crippen molar-refractivity contribution in [2.24, 2.45) is 0 Å². The molecule has 5 nitrogen and oxygen atoms in total. The van der Waals surface area contributed by atoms with Crippen molar-refractivity contribution >= 4 is 54.5 Å². The lowest BCUT2D eigenvalue weighted by atomic mass is 10.1. The van der Waals surface area contributed by atoms with Gasteiger partial charge < -0.3 is 16.0 Å². The SMILES string of the molecule is Cc1cc(CN2CCNCC2)ccc1NC(=O)CNc1ccc(F)c(F)c1.Cl.Cl.Cl.